The van der Waals surface area contributed by atoms with Crippen molar-refractivity contribution in [2.45, 2.75) is 53.0 Å². The minimum Gasteiger partial charge on any atom is -0.507 e. The molecule has 2 aromatic carbocycles. The molecule has 0 aliphatic rings. The summed E-state index contributed by atoms with van der Waals surface area (Å²) >= 11 is 3.44. The molecule has 0 fully saturated rings. The summed E-state index contributed by atoms with van der Waals surface area (Å²) in [6.45, 7) is 8.68. The van der Waals surface area contributed by atoms with Crippen molar-refractivity contribution < 1.29 is 9.52 Å². The van der Waals surface area contributed by atoms with Crippen LogP contribution in [-0.2, 0) is 6.54 Å². The second-order valence-electron chi connectivity index (χ2n) is 7.79. The second kappa shape index (κ2) is 10.3. The average Bonchev–Trinajstić information content (AvgIpc) is 2.73. The van der Waals surface area contributed by atoms with E-state index in [1.54, 1.807) is 12.1 Å². The van der Waals surface area contributed by atoms with E-state index >= 15 is 0 Å². The zero-order valence-electron chi connectivity index (χ0n) is 18.0. The predicted molar refractivity (Wildman–Crippen MR) is 127 cm³/mol. The molecule has 3 aromatic rings. The zero-order chi connectivity index (χ0) is 21.7. The summed E-state index contributed by atoms with van der Waals surface area (Å²) in [5, 5.41) is 11.1. The van der Waals surface area contributed by atoms with Gasteiger partial charge in [-0.05, 0) is 62.7 Å². The number of aromatic hydroxyl groups is 1. The maximum absolute atomic E-state index is 13.4. The molecule has 0 saturated carbocycles. The first kappa shape index (κ1) is 22.6. The Morgan fingerprint density at radius 3 is 2.23 bits per heavy atom. The van der Waals surface area contributed by atoms with Crippen molar-refractivity contribution in [3.63, 3.8) is 0 Å². The first-order valence-corrected chi connectivity index (χ1v) is 11.5. The van der Waals surface area contributed by atoms with Gasteiger partial charge in [0.2, 0.25) is 5.43 Å². The van der Waals surface area contributed by atoms with Crippen LogP contribution in [0.4, 0.5) is 0 Å². The molecule has 0 unspecified atom stereocenters. The molecule has 0 aliphatic carbocycles. The van der Waals surface area contributed by atoms with Gasteiger partial charge in [-0.2, -0.15) is 0 Å². The SMILES string of the molecule is CCCCN(CCCC)Cc1c(O)ccc2c(=O)c(-c3ccc(Br)cc3)c(C)oc12. The number of hydrogen-bond donors (Lipinski definition) is 1. The van der Waals surface area contributed by atoms with Crippen molar-refractivity contribution in [3.05, 3.63) is 62.4 Å². The van der Waals surface area contributed by atoms with Crippen LogP contribution in [0.5, 0.6) is 5.75 Å². The smallest absolute Gasteiger partial charge is 0.200 e. The molecule has 0 aliphatic heterocycles. The van der Waals surface area contributed by atoms with Crippen LogP contribution < -0.4 is 5.43 Å². The molecule has 4 nitrogen and oxygen atoms in total. The highest BCUT2D eigenvalue weighted by molar-refractivity contribution is 9.10. The summed E-state index contributed by atoms with van der Waals surface area (Å²) in [4.78, 5) is 15.7. The van der Waals surface area contributed by atoms with Crippen LogP contribution in [0.3, 0.4) is 0 Å². The van der Waals surface area contributed by atoms with E-state index in [-0.39, 0.29) is 11.2 Å². The Labute approximate surface area is 186 Å². The van der Waals surface area contributed by atoms with Gasteiger partial charge in [0.15, 0.2) is 0 Å². The highest BCUT2D eigenvalue weighted by Crippen LogP contribution is 2.31. The molecule has 0 spiro atoms. The van der Waals surface area contributed by atoms with Gasteiger partial charge in [-0.1, -0.05) is 54.8 Å². The number of fused-ring (bicyclic) bond motifs is 1. The summed E-state index contributed by atoms with van der Waals surface area (Å²) in [6.07, 6.45) is 4.45. The molecule has 3 rings (SSSR count). The minimum atomic E-state index is -0.0639. The van der Waals surface area contributed by atoms with Crippen LogP contribution in [0.15, 0.2) is 50.1 Å². The number of phenols is 1. The van der Waals surface area contributed by atoms with Gasteiger partial charge in [-0.15, -0.1) is 0 Å². The van der Waals surface area contributed by atoms with E-state index in [1.165, 1.54) is 0 Å². The Kier molecular flexibility index (Phi) is 7.73. The topological polar surface area (TPSA) is 53.7 Å². The summed E-state index contributed by atoms with van der Waals surface area (Å²) < 4.78 is 7.14. The molecule has 1 aromatic heterocycles. The number of benzene rings is 2. The monoisotopic (exact) mass is 471 g/mol. The minimum absolute atomic E-state index is 0.0639. The van der Waals surface area contributed by atoms with Gasteiger partial charge in [-0.3, -0.25) is 9.69 Å². The molecule has 30 heavy (non-hydrogen) atoms. The first-order chi connectivity index (χ1) is 14.5. The van der Waals surface area contributed by atoms with Crippen LogP contribution in [0.25, 0.3) is 22.1 Å². The van der Waals surface area contributed by atoms with Crippen LogP contribution in [-0.4, -0.2) is 23.1 Å². The second-order valence-corrected chi connectivity index (χ2v) is 8.71. The molecule has 1 heterocycles. The van der Waals surface area contributed by atoms with Gasteiger partial charge in [-0.25, -0.2) is 0 Å². The third kappa shape index (κ3) is 4.96. The summed E-state index contributed by atoms with van der Waals surface area (Å²) in [5.74, 6) is 0.745. The van der Waals surface area contributed by atoms with Crippen LogP contribution >= 0.6 is 15.9 Å². The van der Waals surface area contributed by atoms with E-state index in [2.05, 4.69) is 34.7 Å². The maximum atomic E-state index is 13.4. The fourth-order valence-electron chi connectivity index (χ4n) is 3.77. The Hall–Kier alpha value is -2.11. The Morgan fingerprint density at radius 2 is 1.63 bits per heavy atom. The molecular weight excluding hydrogens is 442 g/mol. The van der Waals surface area contributed by atoms with E-state index in [1.807, 2.05) is 31.2 Å². The van der Waals surface area contributed by atoms with Crippen LogP contribution in [0.1, 0.15) is 50.9 Å². The average molecular weight is 472 g/mol. The lowest BCUT2D eigenvalue weighted by Crippen LogP contribution is -2.26. The molecule has 1 N–H and O–H groups in total. The number of phenolic OH excluding ortho intramolecular Hbond substituents is 1. The Bertz CT molecular complexity index is 1050. The van der Waals surface area contributed by atoms with Crippen LogP contribution in [0, 0.1) is 6.92 Å². The van der Waals surface area contributed by atoms with Gasteiger partial charge >= 0.3 is 0 Å². The summed E-state index contributed by atoms with van der Waals surface area (Å²) in [7, 11) is 0. The lowest BCUT2D eigenvalue weighted by atomic mass is 10.0. The lowest BCUT2D eigenvalue weighted by Gasteiger charge is -2.23. The van der Waals surface area contributed by atoms with E-state index in [4.69, 9.17) is 4.42 Å². The van der Waals surface area contributed by atoms with Crippen molar-refractivity contribution in [1.82, 2.24) is 4.90 Å². The molecular formula is C25H30BrNO3. The van der Waals surface area contributed by atoms with Gasteiger partial charge in [0.25, 0.3) is 0 Å². The van der Waals surface area contributed by atoms with E-state index in [0.29, 0.717) is 34.4 Å². The Balaban J connectivity index is 2.08. The summed E-state index contributed by atoms with van der Waals surface area (Å²) in [6, 6.07) is 10.9. The number of aryl methyl sites for hydroxylation is 1. The van der Waals surface area contributed by atoms with Crippen molar-refractivity contribution >= 4 is 26.9 Å². The van der Waals surface area contributed by atoms with Crippen molar-refractivity contribution in [1.29, 1.82) is 0 Å². The molecule has 5 heteroatoms. The fraction of sp³-hybridized carbons (Fsp3) is 0.400. The molecule has 0 atom stereocenters. The van der Waals surface area contributed by atoms with Crippen molar-refractivity contribution in [2.24, 2.45) is 0 Å². The van der Waals surface area contributed by atoms with Gasteiger partial charge in [0, 0.05) is 11.0 Å². The molecule has 0 radical (unpaired) electrons. The number of rotatable bonds is 9. The van der Waals surface area contributed by atoms with Gasteiger partial charge in [0.05, 0.1) is 16.5 Å². The van der Waals surface area contributed by atoms with Crippen LogP contribution in [0.2, 0.25) is 0 Å². The quantitative estimate of drug-likeness (QED) is 0.379. The molecule has 0 amide bonds. The predicted octanol–water partition coefficient (Wildman–Crippen LogP) is 6.64. The van der Waals surface area contributed by atoms with Crippen molar-refractivity contribution in [3.8, 4) is 16.9 Å². The van der Waals surface area contributed by atoms with Gasteiger partial charge < -0.3 is 9.52 Å². The Morgan fingerprint density at radius 1 is 1.00 bits per heavy atom. The van der Waals surface area contributed by atoms with Crippen molar-refractivity contribution in [2.75, 3.05) is 13.1 Å². The first-order valence-electron chi connectivity index (χ1n) is 10.7. The number of hydrogen-bond acceptors (Lipinski definition) is 4. The zero-order valence-corrected chi connectivity index (χ0v) is 19.6. The largest absolute Gasteiger partial charge is 0.507 e. The lowest BCUT2D eigenvalue weighted by molar-refractivity contribution is 0.253. The highest BCUT2D eigenvalue weighted by atomic mass is 79.9. The van der Waals surface area contributed by atoms with E-state index < -0.39 is 0 Å². The number of nitrogens with zero attached hydrogens (tertiary/aromatic N) is 1. The fourth-order valence-corrected chi connectivity index (χ4v) is 4.04. The highest BCUT2D eigenvalue weighted by Gasteiger charge is 2.19. The molecule has 0 bridgehead atoms. The molecule has 160 valence electrons. The third-order valence-electron chi connectivity index (χ3n) is 5.49. The third-order valence-corrected chi connectivity index (χ3v) is 6.01. The summed E-state index contributed by atoms with van der Waals surface area (Å²) in [5.41, 5.74) is 2.53. The molecule has 0 saturated heterocycles. The van der Waals surface area contributed by atoms with Gasteiger partial charge in [0.1, 0.15) is 17.1 Å². The maximum Gasteiger partial charge on any atom is 0.200 e. The number of halogens is 1. The normalized spacial score (nSPS) is 11.5. The van der Waals surface area contributed by atoms with E-state index in [9.17, 15) is 9.90 Å². The number of unbranched alkanes of at least 4 members (excludes halogenated alkanes) is 2. The standard InChI is InChI=1S/C25H30BrNO3/c1-4-6-14-27(15-7-5-2)16-21-22(28)13-12-20-24(29)23(17(3)30-25(20)21)18-8-10-19(26)11-9-18/h8-13,28H,4-7,14-16H2,1-3H3. The van der Waals surface area contributed by atoms with E-state index in [0.717, 1.165) is 48.8 Å².